The van der Waals surface area contributed by atoms with Gasteiger partial charge in [0.05, 0.1) is 28.7 Å². The molecule has 0 spiro atoms. The average Bonchev–Trinajstić information content (AvgIpc) is 3.27. The molecule has 0 radical (unpaired) electrons. The number of benzene rings is 1. The Bertz CT molecular complexity index is 1260. The summed E-state index contributed by atoms with van der Waals surface area (Å²) in [7, 11) is 1.71. The van der Waals surface area contributed by atoms with Gasteiger partial charge in [-0.05, 0) is 44.1 Å². The monoisotopic (exact) mass is 484 g/mol. The standard InChI is InChI=1S/C25H27F3N6O/c1-16(25(26,27)28)23-20-6-3-7-22(32-18-8-11-29-12-9-18)21(20)13-19(33-23)5-4-10-30-24(35)17-14-31-34(2)15-17/h3-7,13-15,18,29,32H,1,8-12H2,2H3,(H,30,35)/b5-4+. The molecule has 0 bridgehead atoms. The van der Waals surface area contributed by atoms with Crippen LogP contribution in [-0.2, 0) is 7.05 Å². The minimum Gasteiger partial charge on any atom is -0.382 e. The first-order valence-electron chi connectivity index (χ1n) is 11.3. The van der Waals surface area contributed by atoms with Gasteiger partial charge in [-0.25, -0.2) is 4.98 Å². The van der Waals surface area contributed by atoms with E-state index in [-0.39, 0.29) is 24.2 Å². The van der Waals surface area contributed by atoms with Gasteiger partial charge in [0.15, 0.2) is 0 Å². The summed E-state index contributed by atoms with van der Waals surface area (Å²) in [5.74, 6) is -0.297. The Morgan fingerprint density at radius 1 is 1.29 bits per heavy atom. The van der Waals surface area contributed by atoms with Gasteiger partial charge in [-0.15, -0.1) is 0 Å². The lowest BCUT2D eigenvalue weighted by Gasteiger charge is -2.25. The van der Waals surface area contributed by atoms with E-state index in [0.29, 0.717) is 22.0 Å². The fourth-order valence-electron chi connectivity index (χ4n) is 4.03. The van der Waals surface area contributed by atoms with E-state index < -0.39 is 11.7 Å². The van der Waals surface area contributed by atoms with E-state index in [9.17, 15) is 18.0 Å². The van der Waals surface area contributed by atoms with Crippen molar-refractivity contribution in [1.82, 2.24) is 25.4 Å². The van der Waals surface area contributed by atoms with Gasteiger partial charge in [0.2, 0.25) is 0 Å². The predicted octanol–water partition coefficient (Wildman–Crippen LogP) is 4.15. The molecule has 2 aromatic heterocycles. The molecule has 1 aromatic carbocycles. The third-order valence-electron chi connectivity index (χ3n) is 5.86. The van der Waals surface area contributed by atoms with Gasteiger partial charge in [-0.3, -0.25) is 9.48 Å². The van der Waals surface area contributed by atoms with Crippen molar-refractivity contribution in [2.75, 3.05) is 25.0 Å². The molecule has 0 aliphatic carbocycles. The summed E-state index contributed by atoms with van der Waals surface area (Å²) in [6.07, 6.45) is 3.52. The van der Waals surface area contributed by atoms with Gasteiger partial charge in [0, 0.05) is 42.3 Å². The number of aryl methyl sites for hydroxylation is 1. The zero-order valence-corrected chi connectivity index (χ0v) is 19.3. The molecule has 184 valence electrons. The molecule has 1 amide bonds. The Morgan fingerprint density at radius 2 is 2.06 bits per heavy atom. The molecule has 0 atom stereocenters. The topological polar surface area (TPSA) is 83.9 Å². The van der Waals surface area contributed by atoms with E-state index in [2.05, 4.69) is 32.6 Å². The number of aromatic nitrogens is 3. The number of pyridine rings is 1. The van der Waals surface area contributed by atoms with Crippen LogP contribution in [0.1, 0.15) is 34.6 Å². The van der Waals surface area contributed by atoms with Crippen LogP contribution >= 0.6 is 0 Å². The zero-order chi connectivity index (χ0) is 25.0. The zero-order valence-electron chi connectivity index (χ0n) is 19.3. The summed E-state index contributed by atoms with van der Waals surface area (Å²) in [6, 6.07) is 7.21. The number of rotatable bonds is 7. The smallest absolute Gasteiger partial charge is 0.382 e. The first-order chi connectivity index (χ1) is 16.7. The average molecular weight is 485 g/mol. The van der Waals surface area contributed by atoms with Crippen molar-refractivity contribution in [1.29, 1.82) is 0 Å². The summed E-state index contributed by atoms with van der Waals surface area (Å²) in [4.78, 5) is 16.4. The van der Waals surface area contributed by atoms with Crippen LogP contribution in [0.15, 0.2) is 49.3 Å². The molecule has 7 nitrogen and oxygen atoms in total. The fourth-order valence-corrected chi connectivity index (χ4v) is 4.03. The van der Waals surface area contributed by atoms with E-state index in [4.69, 9.17) is 0 Å². The Morgan fingerprint density at radius 3 is 2.74 bits per heavy atom. The number of piperidine rings is 1. The maximum atomic E-state index is 13.6. The Kier molecular flexibility index (Phi) is 7.20. The van der Waals surface area contributed by atoms with E-state index >= 15 is 0 Å². The summed E-state index contributed by atoms with van der Waals surface area (Å²) >= 11 is 0. The highest BCUT2D eigenvalue weighted by Crippen LogP contribution is 2.37. The molecule has 1 aliphatic rings. The summed E-state index contributed by atoms with van der Waals surface area (Å²) in [5.41, 5.74) is 0.312. The number of anilines is 1. The number of fused-ring (bicyclic) bond motifs is 1. The maximum Gasteiger partial charge on any atom is 0.417 e. The van der Waals surface area contributed by atoms with Crippen molar-refractivity contribution in [2.45, 2.75) is 25.1 Å². The second-order valence-corrected chi connectivity index (χ2v) is 8.46. The lowest BCUT2D eigenvalue weighted by atomic mass is 10.0. The van der Waals surface area contributed by atoms with Crippen LogP contribution in [-0.4, -0.2) is 52.5 Å². The molecule has 3 aromatic rings. The molecule has 10 heteroatoms. The molecule has 0 unspecified atom stereocenters. The largest absolute Gasteiger partial charge is 0.417 e. The second kappa shape index (κ2) is 10.3. The van der Waals surface area contributed by atoms with Gasteiger partial charge < -0.3 is 16.0 Å². The first-order valence-corrected chi connectivity index (χ1v) is 11.3. The maximum absolute atomic E-state index is 13.6. The first kappa shape index (κ1) is 24.5. The van der Waals surface area contributed by atoms with Gasteiger partial charge in [0.25, 0.3) is 5.91 Å². The Hall–Kier alpha value is -3.66. The van der Waals surface area contributed by atoms with Crippen LogP contribution in [0, 0.1) is 0 Å². The van der Waals surface area contributed by atoms with E-state index in [1.54, 1.807) is 43.6 Å². The van der Waals surface area contributed by atoms with E-state index in [1.807, 2.05) is 6.07 Å². The van der Waals surface area contributed by atoms with E-state index in [0.717, 1.165) is 31.6 Å². The molecule has 35 heavy (non-hydrogen) atoms. The number of nitrogens with one attached hydrogen (secondary N) is 3. The molecule has 1 aliphatic heterocycles. The Labute approximate surface area is 201 Å². The molecule has 3 N–H and O–H groups in total. The number of nitrogens with zero attached hydrogens (tertiary/aromatic N) is 3. The minimum atomic E-state index is -4.61. The molecule has 4 rings (SSSR count). The number of halogens is 3. The van der Waals surface area contributed by atoms with Gasteiger partial charge >= 0.3 is 6.18 Å². The Balaban J connectivity index is 1.62. The number of hydrogen-bond acceptors (Lipinski definition) is 5. The van der Waals surface area contributed by atoms with Gasteiger partial charge in [-0.1, -0.05) is 24.8 Å². The lowest BCUT2D eigenvalue weighted by molar-refractivity contribution is -0.0688. The highest BCUT2D eigenvalue weighted by Gasteiger charge is 2.35. The number of hydrogen-bond donors (Lipinski definition) is 3. The van der Waals surface area contributed by atoms with Crippen LogP contribution in [0.2, 0.25) is 0 Å². The lowest BCUT2D eigenvalue weighted by Crippen LogP contribution is -2.35. The minimum absolute atomic E-state index is 0.179. The third kappa shape index (κ3) is 5.89. The molecular weight excluding hydrogens is 457 g/mol. The van der Waals surface area contributed by atoms with Crippen LogP contribution in [0.5, 0.6) is 0 Å². The van der Waals surface area contributed by atoms with Crippen molar-refractivity contribution in [3.8, 4) is 0 Å². The van der Waals surface area contributed by atoms with Gasteiger partial charge in [-0.2, -0.15) is 18.3 Å². The highest BCUT2D eigenvalue weighted by atomic mass is 19.4. The molecule has 1 fully saturated rings. The number of alkyl halides is 3. The normalized spacial score (nSPS) is 15.0. The summed E-state index contributed by atoms with van der Waals surface area (Å²) in [6.45, 7) is 5.24. The molecule has 0 saturated carbocycles. The SMILES string of the molecule is C=C(c1nc(/C=C/CNC(=O)c2cnn(C)c2)cc2c(NC3CCNCC3)cccc12)C(F)(F)F. The number of amides is 1. The van der Waals surface area contributed by atoms with Gasteiger partial charge in [0.1, 0.15) is 0 Å². The van der Waals surface area contributed by atoms with Crippen LogP contribution < -0.4 is 16.0 Å². The predicted molar refractivity (Wildman–Crippen MR) is 131 cm³/mol. The van der Waals surface area contributed by atoms with Crippen molar-refractivity contribution < 1.29 is 18.0 Å². The number of allylic oxidation sites excluding steroid dienone is 1. The van der Waals surface area contributed by atoms with Crippen LogP contribution in [0.4, 0.5) is 18.9 Å². The summed E-state index contributed by atoms with van der Waals surface area (Å²) < 4.78 is 42.3. The number of carbonyl (C=O) groups excluding carboxylic acids is 1. The third-order valence-corrected chi connectivity index (χ3v) is 5.86. The quantitative estimate of drug-likeness (QED) is 0.469. The van der Waals surface area contributed by atoms with Crippen LogP contribution in [0.3, 0.4) is 0 Å². The van der Waals surface area contributed by atoms with Crippen molar-refractivity contribution in [3.63, 3.8) is 0 Å². The summed E-state index contributed by atoms with van der Waals surface area (Å²) in [5, 5.41) is 14.5. The highest BCUT2D eigenvalue weighted by molar-refractivity contribution is 6.01. The van der Waals surface area contributed by atoms with Crippen molar-refractivity contribution in [3.05, 3.63) is 66.3 Å². The van der Waals surface area contributed by atoms with Crippen molar-refractivity contribution >= 4 is 34.0 Å². The molecule has 1 saturated heterocycles. The molecule has 3 heterocycles. The molecular formula is C25H27F3N6O. The van der Waals surface area contributed by atoms with Crippen molar-refractivity contribution in [2.24, 2.45) is 7.05 Å². The second-order valence-electron chi connectivity index (χ2n) is 8.46. The fraction of sp³-hybridized carbons (Fsp3) is 0.320. The van der Waals surface area contributed by atoms with Crippen LogP contribution in [0.25, 0.3) is 22.4 Å². The number of carbonyl (C=O) groups is 1. The van der Waals surface area contributed by atoms with E-state index in [1.165, 1.54) is 10.9 Å².